The number of likely N-dealkylation sites (N-methyl/N-ethyl adjacent to an activating group) is 1. The van der Waals surface area contributed by atoms with E-state index in [1.54, 1.807) is 30.0 Å². The number of hydrogen-bond acceptors (Lipinski definition) is 12. The topological polar surface area (TPSA) is 159 Å². The molecular formula is C51H72Cl4N8O6S2. The molecule has 20 heteroatoms. The summed E-state index contributed by atoms with van der Waals surface area (Å²) in [5.74, 6) is 0.197. The van der Waals surface area contributed by atoms with Crippen molar-refractivity contribution in [1.29, 1.82) is 0 Å². The molecule has 0 bridgehead atoms. The summed E-state index contributed by atoms with van der Waals surface area (Å²) in [5.41, 5.74) is 6.06. The van der Waals surface area contributed by atoms with Crippen LogP contribution in [0, 0.1) is 0 Å². The van der Waals surface area contributed by atoms with Crippen LogP contribution in [0.25, 0.3) is 0 Å². The Morgan fingerprint density at radius 3 is 1.75 bits per heavy atom. The number of rotatable bonds is 28. The number of unbranched alkanes of at least 4 members (excludes halogenated alkanes) is 1. The average molecular weight is 1100 g/mol. The first kappa shape index (κ1) is 60.5. The highest BCUT2D eigenvalue weighted by atomic mass is 35.5. The molecule has 0 saturated heterocycles. The van der Waals surface area contributed by atoms with Crippen LogP contribution in [0.15, 0.2) is 88.7 Å². The zero-order valence-corrected chi connectivity index (χ0v) is 45.8. The van der Waals surface area contributed by atoms with E-state index in [9.17, 15) is 9.59 Å². The summed E-state index contributed by atoms with van der Waals surface area (Å²) < 4.78 is 28.9. The number of amides is 4. The molecule has 4 aromatic rings. The largest absolute Gasteiger partial charge is 0.378 e. The number of hydrogen-bond donors (Lipinski definition) is 7. The molecular weight excluding hydrogens is 1030 g/mol. The van der Waals surface area contributed by atoms with Crippen LogP contribution in [-0.2, 0) is 38.5 Å². The quantitative estimate of drug-likeness (QED) is 0.0214. The molecule has 392 valence electrons. The van der Waals surface area contributed by atoms with Crippen LogP contribution in [0.1, 0.15) is 60.4 Å². The minimum atomic E-state index is -0.247. The summed E-state index contributed by atoms with van der Waals surface area (Å²) in [5, 5.41) is 17.3. The Balaban J connectivity index is 0.000000669. The zero-order chi connectivity index (χ0) is 50.9. The van der Waals surface area contributed by atoms with Crippen LogP contribution < -0.4 is 36.0 Å². The number of ether oxygens (including phenoxy) is 4. The van der Waals surface area contributed by atoms with Gasteiger partial charge in [0.25, 0.3) is 0 Å². The van der Waals surface area contributed by atoms with E-state index < -0.39 is 0 Å². The molecule has 0 spiro atoms. The maximum Gasteiger partial charge on any atom is 0.314 e. The smallest absolute Gasteiger partial charge is 0.314 e. The van der Waals surface area contributed by atoms with Crippen molar-refractivity contribution in [3.63, 3.8) is 0 Å². The lowest BCUT2D eigenvalue weighted by atomic mass is 9.85. The van der Waals surface area contributed by atoms with E-state index in [1.807, 2.05) is 62.4 Å². The summed E-state index contributed by atoms with van der Waals surface area (Å²) in [4.78, 5) is 28.5. The van der Waals surface area contributed by atoms with E-state index in [0.717, 1.165) is 82.4 Å². The molecule has 6 rings (SSSR count). The summed E-state index contributed by atoms with van der Waals surface area (Å²) in [6, 6.07) is 25.8. The highest BCUT2D eigenvalue weighted by Crippen LogP contribution is 2.39. The van der Waals surface area contributed by atoms with E-state index in [2.05, 4.69) is 72.2 Å². The van der Waals surface area contributed by atoms with Crippen LogP contribution in [0.4, 0.5) is 9.59 Å². The summed E-state index contributed by atoms with van der Waals surface area (Å²) >= 11 is 28.0. The minimum Gasteiger partial charge on any atom is -0.378 e. The lowest BCUT2D eigenvalue weighted by molar-refractivity contribution is 0.0517. The van der Waals surface area contributed by atoms with Crippen molar-refractivity contribution in [3.05, 3.63) is 127 Å². The highest BCUT2D eigenvalue weighted by molar-refractivity contribution is 7.97. The lowest BCUT2D eigenvalue weighted by Crippen LogP contribution is -2.39. The van der Waals surface area contributed by atoms with Crippen LogP contribution in [0.2, 0.25) is 20.1 Å². The van der Waals surface area contributed by atoms with Gasteiger partial charge in [-0.1, -0.05) is 90.6 Å². The molecule has 0 aromatic heterocycles. The molecule has 4 aromatic carbocycles. The molecule has 14 nitrogen and oxygen atoms in total. The normalized spacial score (nSPS) is 13.9. The first-order valence-electron chi connectivity index (χ1n) is 24.3. The zero-order valence-electron chi connectivity index (χ0n) is 41.2. The monoisotopic (exact) mass is 1100 g/mol. The Hall–Kier alpha value is -3.04. The first-order chi connectivity index (χ1) is 34.7. The maximum atomic E-state index is 12.0. The van der Waals surface area contributed by atoms with E-state index >= 15 is 0 Å². The average Bonchev–Trinajstić information content (AvgIpc) is 3.37. The fourth-order valence-electron chi connectivity index (χ4n) is 7.32. The molecule has 0 aliphatic carbocycles. The first-order valence-corrected chi connectivity index (χ1v) is 27.4. The third kappa shape index (κ3) is 24.7. The van der Waals surface area contributed by atoms with Gasteiger partial charge in [0, 0.05) is 94.7 Å². The molecule has 4 amide bonds. The van der Waals surface area contributed by atoms with Crippen molar-refractivity contribution in [2.45, 2.75) is 61.9 Å². The lowest BCUT2D eigenvalue weighted by Gasteiger charge is -2.33. The summed E-state index contributed by atoms with van der Waals surface area (Å²) in [7, 11) is 2.12. The Kier molecular flexibility index (Phi) is 31.4. The van der Waals surface area contributed by atoms with Gasteiger partial charge >= 0.3 is 12.1 Å². The van der Waals surface area contributed by atoms with Crippen molar-refractivity contribution >= 4 is 82.4 Å². The summed E-state index contributed by atoms with van der Waals surface area (Å²) in [6.45, 7) is 14.7. The van der Waals surface area contributed by atoms with Gasteiger partial charge in [-0.05, 0) is 133 Å². The van der Waals surface area contributed by atoms with Crippen molar-refractivity contribution < 1.29 is 28.5 Å². The third-order valence-corrected chi connectivity index (χ3v) is 13.5. The van der Waals surface area contributed by atoms with E-state index in [-0.39, 0.29) is 18.0 Å². The number of benzene rings is 4. The molecule has 0 radical (unpaired) electrons. The SMILES string of the molecule is CC.CN1Cc2c(Cl)cc(Cl)cc2C(c2cccc(SNCCOCCOCCNC(=O)NCCCCNC(=O)NCCOCCOCCNSc3ccccc3)c2)C1.Clc1cc(Cl)c2c(c1)CCNC2. The van der Waals surface area contributed by atoms with E-state index in [0.29, 0.717) is 90.6 Å². The van der Waals surface area contributed by atoms with Gasteiger partial charge in [-0.2, -0.15) is 0 Å². The molecule has 2 heterocycles. The summed E-state index contributed by atoms with van der Waals surface area (Å²) in [6.07, 6.45) is 2.50. The van der Waals surface area contributed by atoms with Crippen molar-refractivity contribution in [3.8, 4) is 0 Å². The van der Waals surface area contributed by atoms with Gasteiger partial charge in [-0.3, -0.25) is 9.44 Å². The number of urea groups is 2. The Morgan fingerprint density at radius 1 is 0.620 bits per heavy atom. The van der Waals surface area contributed by atoms with Gasteiger partial charge in [-0.15, -0.1) is 0 Å². The van der Waals surface area contributed by atoms with Gasteiger partial charge in [-0.25, -0.2) is 9.59 Å². The molecule has 0 saturated carbocycles. The third-order valence-electron chi connectivity index (χ3n) is 10.7. The highest BCUT2D eigenvalue weighted by Gasteiger charge is 2.27. The second kappa shape index (κ2) is 36.8. The molecule has 7 N–H and O–H groups in total. The van der Waals surface area contributed by atoms with E-state index in [4.69, 9.17) is 65.4 Å². The van der Waals surface area contributed by atoms with Gasteiger partial charge in [0.2, 0.25) is 0 Å². The Bertz CT molecular complexity index is 2140. The number of nitrogens with zero attached hydrogens (tertiary/aromatic N) is 1. The Morgan fingerprint density at radius 2 is 1.14 bits per heavy atom. The van der Waals surface area contributed by atoms with Crippen molar-refractivity contribution in [2.24, 2.45) is 0 Å². The maximum absolute atomic E-state index is 12.0. The predicted octanol–water partition coefficient (Wildman–Crippen LogP) is 9.57. The minimum absolute atomic E-state index is 0.197. The number of fused-ring (bicyclic) bond motifs is 2. The number of carbonyl (C=O) groups is 2. The molecule has 1 atom stereocenters. The van der Waals surface area contributed by atoms with Crippen LogP contribution >= 0.6 is 70.3 Å². The molecule has 0 fully saturated rings. The molecule has 2 aliphatic heterocycles. The molecule has 71 heavy (non-hydrogen) atoms. The second-order valence-corrected chi connectivity index (χ2v) is 19.7. The van der Waals surface area contributed by atoms with Gasteiger partial charge in [0.05, 0.1) is 52.9 Å². The predicted molar refractivity (Wildman–Crippen MR) is 294 cm³/mol. The fraction of sp³-hybridized carbons (Fsp3) is 0.490. The van der Waals surface area contributed by atoms with Crippen LogP contribution in [0.3, 0.4) is 0 Å². The number of nitrogens with one attached hydrogen (secondary N) is 7. The van der Waals surface area contributed by atoms with Gasteiger partial charge in [0.15, 0.2) is 0 Å². The second-order valence-electron chi connectivity index (χ2n) is 16.1. The van der Waals surface area contributed by atoms with Gasteiger partial charge in [0.1, 0.15) is 0 Å². The number of halogens is 4. The molecule has 2 aliphatic rings. The van der Waals surface area contributed by atoms with Crippen LogP contribution in [0.5, 0.6) is 0 Å². The van der Waals surface area contributed by atoms with Gasteiger partial charge < -0.3 is 50.4 Å². The van der Waals surface area contributed by atoms with Crippen molar-refractivity contribution in [1.82, 2.24) is 40.9 Å². The van der Waals surface area contributed by atoms with Crippen LogP contribution in [-0.4, -0.2) is 129 Å². The number of carbonyl (C=O) groups excluding carboxylic acids is 2. The molecule has 1 unspecified atom stereocenters. The van der Waals surface area contributed by atoms with E-state index in [1.165, 1.54) is 22.3 Å². The standard InChI is InChI=1S/C40H57Cl2N7O6S2.C9H9Cl2N.C2H6/c1-49-29-36(35-27-32(41)28-38(42)37(35)30-49)31-8-7-11-34(26-31)57-48-17-21-55-25-23-53-19-15-46-40(51)44-13-6-5-12-43-39(50)45-14-18-52-22-24-54-20-16-47-56-33-9-3-2-4-10-33;10-7-3-6-1-2-12-5-8(6)9(11)4-7;1-2/h2-4,7-11,26-28,36,47-48H,5-6,12-25,29-30H2,1H3,(H2,43,45,50)(H2,44,46,51);3-4,12H,1-2,5H2;1-2H3. The fourth-order valence-corrected chi connectivity index (χ4v) is 9.83. The Labute approximate surface area is 450 Å². The van der Waals surface area contributed by atoms with Crippen molar-refractivity contribution in [2.75, 3.05) is 112 Å².